The molecule has 4 nitrogen and oxygen atoms in total. The smallest absolute Gasteiger partial charge is 0.335 e. The Morgan fingerprint density at radius 2 is 1.93 bits per heavy atom. The van der Waals surface area contributed by atoms with Gasteiger partial charge in [-0.2, -0.15) is 13.2 Å². The molecule has 3 rings (SSSR count). The summed E-state index contributed by atoms with van der Waals surface area (Å²) in [6.07, 6.45) is 1.43. The zero-order chi connectivity index (χ0) is 19.6. The molecule has 0 atom stereocenters. The minimum absolute atomic E-state index is 0.0814. The Morgan fingerprint density at radius 3 is 2.48 bits per heavy atom. The van der Waals surface area contributed by atoms with Crippen molar-refractivity contribution >= 4 is 5.91 Å². The van der Waals surface area contributed by atoms with Gasteiger partial charge in [0.15, 0.2) is 0 Å². The number of halogens is 3. The lowest BCUT2D eigenvalue weighted by Gasteiger charge is -2.24. The summed E-state index contributed by atoms with van der Waals surface area (Å²) in [6, 6.07) is 5.14. The Balaban J connectivity index is 1.71. The number of carbonyl (C=O) groups is 1. The summed E-state index contributed by atoms with van der Waals surface area (Å²) >= 11 is 0. The predicted octanol–water partition coefficient (Wildman–Crippen LogP) is 4.34. The van der Waals surface area contributed by atoms with Crippen molar-refractivity contribution in [3.05, 3.63) is 53.6 Å². The number of nitrogens with zero attached hydrogens (tertiary/aromatic N) is 3. The van der Waals surface area contributed by atoms with Gasteiger partial charge in [-0.15, -0.1) is 0 Å². The van der Waals surface area contributed by atoms with Crippen LogP contribution >= 0.6 is 0 Å². The molecular weight excluding hydrogens is 355 g/mol. The van der Waals surface area contributed by atoms with Crippen LogP contribution in [0.5, 0.6) is 0 Å². The highest BCUT2D eigenvalue weighted by Crippen LogP contribution is 2.31. The Kier molecular flexibility index (Phi) is 5.58. The van der Waals surface area contributed by atoms with E-state index in [1.54, 1.807) is 12.4 Å². The largest absolute Gasteiger partial charge is 0.416 e. The number of amides is 1. The summed E-state index contributed by atoms with van der Waals surface area (Å²) in [5, 5.41) is 0. The third kappa shape index (κ3) is 5.11. The normalized spacial score (nSPS) is 14.6. The van der Waals surface area contributed by atoms with Crippen molar-refractivity contribution in [1.29, 1.82) is 0 Å². The average molecular weight is 379 g/mol. The van der Waals surface area contributed by atoms with Crippen LogP contribution in [0.2, 0.25) is 0 Å². The summed E-state index contributed by atoms with van der Waals surface area (Å²) in [5.74, 6) is 1.34. The number of alkyl halides is 3. The number of imidazole rings is 1. The number of rotatable bonds is 7. The molecule has 1 fully saturated rings. The summed E-state index contributed by atoms with van der Waals surface area (Å²) in [4.78, 5) is 18.7. The molecule has 1 saturated carbocycles. The standard InChI is InChI=1S/C20H24F3N3O/c1-14(2)19(27)26(12-15-3-4-15)13-18-24-9-10-25(18)11-16-5-7-17(8-6-16)20(21,22)23/h5-10,14-15H,3-4,11-13H2,1-2H3. The molecule has 7 heteroatoms. The Hall–Kier alpha value is -2.31. The molecule has 27 heavy (non-hydrogen) atoms. The fourth-order valence-corrected chi connectivity index (χ4v) is 3.01. The van der Waals surface area contributed by atoms with E-state index in [1.165, 1.54) is 12.1 Å². The van der Waals surface area contributed by atoms with Crippen LogP contribution in [-0.2, 0) is 24.1 Å². The van der Waals surface area contributed by atoms with Crippen molar-refractivity contribution in [3.63, 3.8) is 0 Å². The molecule has 1 aromatic heterocycles. The molecule has 0 spiro atoms. The highest BCUT2D eigenvalue weighted by atomic mass is 19.4. The first-order valence-corrected chi connectivity index (χ1v) is 9.19. The zero-order valence-corrected chi connectivity index (χ0v) is 15.5. The third-order valence-electron chi connectivity index (χ3n) is 4.75. The van der Waals surface area contributed by atoms with E-state index in [2.05, 4.69) is 4.98 Å². The zero-order valence-electron chi connectivity index (χ0n) is 15.5. The van der Waals surface area contributed by atoms with Crippen LogP contribution in [0.15, 0.2) is 36.7 Å². The molecule has 0 bridgehead atoms. The van der Waals surface area contributed by atoms with Gasteiger partial charge < -0.3 is 9.47 Å². The molecule has 146 valence electrons. The molecule has 0 aliphatic heterocycles. The lowest BCUT2D eigenvalue weighted by atomic mass is 10.1. The second-order valence-corrected chi connectivity index (χ2v) is 7.48. The number of hydrogen-bond donors (Lipinski definition) is 0. The van der Waals surface area contributed by atoms with Crippen LogP contribution in [0.25, 0.3) is 0 Å². The molecule has 0 unspecified atom stereocenters. The second-order valence-electron chi connectivity index (χ2n) is 7.48. The SMILES string of the molecule is CC(C)C(=O)N(Cc1nccn1Cc1ccc(C(F)(F)F)cc1)CC1CC1. The van der Waals surface area contributed by atoms with Crippen molar-refractivity contribution < 1.29 is 18.0 Å². The van der Waals surface area contributed by atoms with Gasteiger partial charge in [0.1, 0.15) is 5.82 Å². The highest BCUT2D eigenvalue weighted by Gasteiger charge is 2.30. The van der Waals surface area contributed by atoms with Gasteiger partial charge in [-0.3, -0.25) is 4.79 Å². The quantitative estimate of drug-likeness (QED) is 0.718. The summed E-state index contributed by atoms with van der Waals surface area (Å²) in [6.45, 7) is 5.35. The van der Waals surface area contributed by atoms with Crippen LogP contribution < -0.4 is 0 Å². The van der Waals surface area contributed by atoms with E-state index in [-0.39, 0.29) is 11.8 Å². The Morgan fingerprint density at radius 1 is 1.26 bits per heavy atom. The van der Waals surface area contributed by atoms with Crippen LogP contribution in [0.3, 0.4) is 0 Å². The maximum Gasteiger partial charge on any atom is 0.416 e. The average Bonchev–Trinajstić information content (AvgIpc) is 3.32. The maximum absolute atomic E-state index is 12.7. The van der Waals surface area contributed by atoms with E-state index in [1.807, 2.05) is 23.3 Å². The minimum Gasteiger partial charge on any atom is -0.335 e. The fraction of sp³-hybridized carbons (Fsp3) is 0.500. The molecule has 1 aliphatic rings. The van der Waals surface area contributed by atoms with Gasteiger partial charge in [0.25, 0.3) is 0 Å². The molecule has 0 saturated heterocycles. The van der Waals surface area contributed by atoms with Gasteiger partial charge in [-0.1, -0.05) is 26.0 Å². The van der Waals surface area contributed by atoms with Crippen LogP contribution in [0.4, 0.5) is 13.2 Å². The Bertz CT molecular complexity index is 777. The van der Waals surface area contributed by atoms with Gasteiger partial charge in [0.05, 0.1) is 12.1 Å². The van der Waals surface area contributed by atoms with Crippen LogP contribution in [0, 0.1) is 11.8 Å². The van der Waals surface area contributed by atoms with E-state index in [4.69, 9.17) is 0 Å². The van der Waals surface area contributed by atoms with Crippen molar-refractivity contribution in [2.45, 2.75) is 46.0 Å². The molecule has 2 aromatic rings. The van der Waals surface area contributed by atoms with Gasteiger partial charge >= 0.3 is 6.18 Å². The maximum atomic E-state index is 12.7. The molecular formula is C20H24F3N3O. The number of hydrogen-bond acceptors (Lipinski definition) is 2. The first-order chi connectivity index (χ1) is 12.7. The molecule has 1 amide bonds. The third-order valence-corrected chi connectivity index (χ3v) is 4.75. The van der Waals surface area contributed by atoms with Gasteiger partial charge in [0, 0.05) is 31.4 Å². The summed E-state index contributed by atoms with van der Waals surface area (Å²) in [7, 11) is 0. The topological polar surface area (TPSA) is 38.1 Å². The lowest BCUT2D eigenvalue weighted by Crippen LogP contribution is -2.36. The van der Waals surface area contributed by atoms with Crippen molar-refractivity contribution in [3.8, 4) is 0 Å². The van der Waals surface area contributed by atoms with Crippen molar-refractivity contribution in [2.24, 2.45) is 11.8 Å². The first-order valence-electron chi connectivity index (χ1n) is 9.19. The number of carbonyl (C=O) groups excluding carboxylic acids is 1. The Labute approximate surface area is 157 Å². The minimum atomic E-state index is -4.33. The molecule has 0 N–H and O–H groups in total. The predicted molar refractivity (Wildman–Crippen MR) is 95.8 cm³/mol. The molecule has 1 heterocycles. The van der Waals surface area contributed by atoms with E-state index in [9.17, 15) is 18.0 Å². The first kappa shape index (κ1) is 19.5. The second kappa shape index (κ2) is 7.74. The van der Waals surface area contributed by atoms with E-state index < -0.39 is 11.7 Å². The van der Waals surface area contributed by atoms with Gasteiger partial charge in [0.2, 0.25) is 5.91 Å². The van der Waals surface area contributed by atoms with Crippen LogP contribution in [0.1, 0.15) is 43.6 Å². The monoisotopic (exact) mass is 379 g/mol. The van der Waals surface area contributed by atoms with E-state index in [0.717, 1.165) is 42.9 Å². The highest BCUT2D eigenvalue weighted by molar-refractivity contribution is 5.78. The molecule has 1 aliphatic carbocycles. The molecule has 0 radical (unpaired) electrons. The number of aromatic nitrogens is 2. The lowest BCUT2D eigenvalue weighted by molar-refractivity contribution is -0.137. The number of benzene rings is 1. The summed E-state index contributed by atoms with van der Waals surface area (Å²) < 4.78 is 40.0. The van der Waals surface area contributed by atoms with E-state index >= 15 is 0 Å². The van der Waals surface area contributed by atoms with E-state index in [0.29, 0.717) is 19.0 Å². The fourth-order valence-electron chi connectivity index (χ4n) is 3.01. The van der Waals surface area contributed by atoms with Gasteiger partial charge in [-0.05, 0) is 36.5 Å². The van der Waals surface area contributed by atoms with Crippen molar-refractivity contribution in [1.82, 2.24) is 14.5 Å². The van der Waals surface area contributed by atoms with Gasteiger partial charge in [-0.25, -0.2) is 4.98 Å². The van der Waals surface area contributed by atoms with Crippen LogP contribution in [-0.4, -0.2) is 26.9 Å². The van der Waals surface area contributed by atoms with Crippen molar-refractivity contribution in [2.75, 3.05) is 6.54 Å². The summed E-state index contributed by atoms with van der Waals surface area (Å²) in [5.41, 5.74) is 0.0985. The molecule has 1 aromatic carbocycles.